The van der Waals surface area contributed by atoms with Crippen molar-refractivity contribution in [2.24, 2.45) is 0 Å². The summed E-state index contributed by atoms with van der Waals surface area (Å²) in [6.45, 7) is 3.73. The lowest BCUT2D eigenvalue weighted by Crippen LogP contribution is -2.11. The molecule has 1 N–H and O–H groups in total. The molecule has 0 radical (unpaired) electrons. The van der Waals surface area contributed by atoms with E-state index in [2.05, 4.69) is 28.2 Å². The molecular formula is C12H16BrF2NO. The van der Waals surface area contributed by atoms with Gasteiger partial charge in [-0.25, -0.2) is 8.78 Å². The standard InChI is InChI=1S/C12H16BrF2NO/c1-2-3-5-17-6-4-16-12-8-10(14)9(13)7-11(12)15/h7-8,16H,2-6H2,1H3. The van der Waals surface area contributed by atoms with Crippen LogP contribution in [0.1, 0.15) is 19.8 Å². The van der Waals surface area contributed by atoms with Crippen LogP contribution in [0.4, 0.5) is 14.5 Å². The van der Waals surface area contributed by atoms with Gasteiger partial charge >= 0.3 is 0 Å². The molecule has 0 heterocycles. The van der Waals surface area contributed by atoms with Crippen LogP contribution in [0.15, 0.2) is 16.6 Å². The van der Waals surface area contributed by atoms with Crippen LogP contribution in [-0.2, 0) is 4.74 Å². The molecule has 1 aromatic rings. The summed E-state index contributed by atoms with van der Waals surface area (Å²) >= 11 is 2.92. The molecule has 0 aliphatic heterocycles. The smallest absolute Gasteiger partial charge is 0.147 e. The predicted molar refractivity (Wildman–Crippen MR) is 68.3 cm³/mol. The van der Waals surface area contributed by atoms with E-state index in [9.17, 15) is 8.78 Å². The number of hydrogen-bond donors (Lipinski definition) is 1. The van der Waals surface area contributed by atoms with E-state index >= 15 is 0 Å². The number of unbranched alkanes of at least 4 members (excludes halogenated alkanes) is 1. The molecule has 0 atom stereocenters. The van der Waals surface area contributed by atoms with E-state index in [1.165, 1.54) is 0 Å². The summed E-state index contributed by atoms with van der Waals surface area (Å²) in [5, 5.41) is 2.80. The van der Waals surface area contributed by atoms with E-state index in [1.807, 2.05) is 0 Å². The first kappa shape index (κ1) is 14.4. The summed E-state index contributed by atoms with van der Waals surface area (Å²) in [5.74, 6) is -0.965. The van der Waals surface area contributed by atoms with Gasteiger partial charge in [-0.1, -0.05) is 13.3 Å². The highest BCUT2D eigenvalue weighted by Crippen LogP contribution is 2.22. The lowest BCUT2D eigenvalue weighted by molar-refractivity contribution is 0.141. The Hall–Kier alpha value is -0.680. The molecule has 17 heavy (non-hydrogen) atoms. The zero-order chi connectivity index (χ0) is 12.7. The van der Waals surface area contributed by atoms with E-state index in [4.69, 9.17) is 4.74 Å². The van der Waals surface area contributed by atoms with E-state index in [1.54, 1.807) is 0 Å². The van der Waals surface area contributed by atoms with E-state index in [0.29, 0.717) is 19.8 Å². The molecule has 1 rings (SSSR count). The number of rotatable bonds is 7. The fourth-order valence-corrected chi connectivity index (χ4v) is 1.58. The second kappa shape index (κ2) is 7.61. The normalized spacial score (nSPS) is 10.6. The van der Waals surface area contributed by atoms with Crippen molar-refractivity contribution >= 4 is 21.6 Å². The number of halogens is 3. The first-order valence-electron chi connectivity index (χ1n) is 5.61. The van der Waals surface area contributed by atoms with Crippen LogP contribution in [0.5, 0.6) is 0 Å². The zero-order valence-electron chi connectivity index (χ0n) is 9.73. The number of anilines is 1. The summed E-state index contributed by atoms with van der Waals surface area (Å²) in [4.78, 5) is 0. The highest BCUT2D eigenvalue weighted by Gasteiger charge is 2.07. The van der Waals surface area contributed by atoms with Crippen molar-refractivity contribution < 1.29 is 13.5 Å². The highest BCUT2D eigenvalue weighted by atomic mass is 79.9. The Morgan fingerprint density at radius 1 is 1.24 bits per heavy atom. The molecule has 0 amide bonds. The summed E-state index contributed by atoms with van der Waals surface area (Å²) in [7, 11) is 0. The molecule has 96 valence electrons. The fourth-order valence-electron chi connectivity index (χ4n) is 1.26. The summed E-state index contributed by atoms with van der Waals surface area (Å²) in [6.07, 6.45) is 2.10. The lowest BCUT2D eigenvalue weighted by Gasteiger charge is -2.09. The lowest BCUT2D eigenvalue weighted by atomic mass is 10.3. The van der Waals surface area contributed by atoms with Crippen molar-refractivity contribution in [3.63, 3.8) is 0 Å². The molecule has 0 aliphatic rings. The summed E-state index contributed by atoms with van der Waals surface area (Å²) in [6, 6.07) is 2.24. The molecular weight excluding hydrogens is 292 g/mol. The second-order valence-corrected chi connectivity index (χ2v) is 4.49. The van der Waals surface area contributed by atoms with Crippen LogP contribution >= 0.6 is 15.9 Å². The van der Waals surface area contributed by atoms with Crippen LogP contribution in [0.25, 0.3) is 0 Å². The molecule has 0 saturated heterocycles. The van der Waals surface area contributed by atoms with E-state index in [0.717, 1.165) is 25.0 Å². The van der Waals surface area contributed by atoms with Crippen molar-refractivity contribution in [2.45, 2.75) is 19.8 Å². The van der Waals surface area contributed by atoms with E-state index < -0.39 is 11.6 Å². The van der Waals surface area contributed by atoms with Gasteiger partial charge in [-0.15, -0.1) is 0 Å². The van der Waals surface area contributed by atoms with Gasteiger partial charge in [0.05, 0.1) is 16.8 Å². The average Bonchev–Trinajstić information content (AvgIpc) is 2.30. The SMILES string of the molecule is CCCCOCCNc1cc(F)c(Br)cc1F. The molecule has 2 nitrogen and oxygen atoms in total. The number of hydrogen-bond acceptors (Lipinski definition) is 2. The van der Waals surface area contributed by atoms with Gasteiger partial charge in [0.25, 0.3) is 0 Å². The van der Waals surface area contributed by atoms with Crippen LogP contribution < -0.4 is 5.32 Å². The maximum atomic E-state index is 13.4. The summed E-state index contributed by atoms with van der Waals surface area (Å²) in [5.41, 5.74) is 0.157. The van der Waals surface area contributed by atoms with Gasteiger partial charge in [0, 0.05) is 19.2 Å². The Balaban J connectivity index is 2.34. The fraction of sp³-hybridized carbons (Fsp3) is 0.500. The van der Waals surface area contributed by atoms with Gasteiger partial charge in [0.15, 0.2) is 0 Å². The first-order chi connectivity index (χ1) is 8.15. The maximum Gasteiger partial charge on any atom is 0.147 e. The van der Waals surface area contributed by atoms with Crippen molar-refractivity contribution in [3.8, 4) is 0 Å². The van der Waals surface area contributed by atoms with Gasteiger partial charge in [0.2, 0.25) is 0 Å². The number of benzene rings is 1. The molecule has 0 saturated carbocycles. The third kappa shape index (κ3) is 5.00. The average molecular weight is 308 g/mol. The van der Waals surface area contributed by atoms with Gasteiger partial charge in [-0.05, 0) is 28.4 Å². The largest absolute Gasteiger partial charge is 0.380 e. The Bertz CT molecular complexity index is 361. The Morgan fingerprint density at radius 2 is 2.00 bits per heavy atom. The topological polar surface area (TPSA) is 21.3 Å². The van der Waals surface area contributed by atoms with Crippen LogP contribution in [0.2, 0.25) is 0 Å². The molecule has 0 aliphatic carbocycles. The third-order valence-corrected chi connectivity index (χ3v) is 2.82. The Labute approximate surface area is 108 Å². The number of nitrogens with one attached hydrogen (secondary N) is 1. The van der Waals surface area contributed by atoms with Crippen LogP contribution in [0, 0.1) is 11.6 Å². The quantitative estimate of drug-likeness (QED) is 0.608. The minimum atomic E-state index is -0.485. The van der Waals surface area contributed by atoms with Crippen molar-refractivity contribution in [1.29, 1.82) is 0 Å². The van der Waals surface area contributed by atoms with Crippen LogP contribution in [-0.4, -0.2) is 19.8 Å². The minimum Gasteiger partial charge on any atom is -0.380 e. The second-order valence-electron chi connectivity index (χ2n) is 3.64. The van der Waals surface area contributed by atoms with Crippen molar-refractivity contribution in [3.05, 3.63) is 28.2 Å². The van der Waals surface area contributed by atoms with Gasteiger partial charge < -0.3 is 10.1 Å². The third-order valence-electron chi connectivity index (χ3n) is 2.21. The predicted octanol–water partition coefficient (Wildman–Crippen LogP) is 3.96. The van der Waals surface area contributed by atoms with Gasteiger partial charge in [-0.3, -0.25) is 0 Å². The summed E-state index contributed by atoms with van der Waals surface area (Å²) < 4.78 is 31.9. The molecule has 5 heteroatoms. The van der Waals surface area contributed by atoms with E-state index in [-0.39, 0.29) is 10.2 Å². The first-order valence-corrected chi connectivity index (χ1v) is 6.40. The molecule has 1 aromatic carbocycles. The van der Waals surface area contributed by atoms with Crippen LogP contribution in [0.3, 0.4) is 0 Å². The maximum absolute atomic E-state index is 13.4. The molecule has 0 aromatic heterocycles. The van der Waals surface area contributed by atoms with Crippen molar-refractivity contribution in [2.75, 3.05) is 25.1 Å². The molecule has 0 spiro atoms. The highest BCUT2D eigenvalue weighted by molar-refractivity contribution is 9.10. The van der Waals surface area contributed by atoms with Gasteiger partial charge in [-0.2, -0.15) is 0 Å². The monoisotopic (exact) mass is 307 g/mol. The van der Waals surface area contributed by atoms with Gasteiger partial charge in [0.1, 0.15) is 11.6 Å². The Morgan fingerprint density at radius 3 is 2.71 bits per heavy atom. The molecule has 0 bridgehead atoms. The minimum absolute atomic E-state index is 0.125. The number of ether oxygens (including phenoxy) is 1. The molecule has 0 unspecified atom stereocenters. The Kier molecular flexibility index (Phi) is 6.44. The zero-order valence-corrected chi connectivity index (χ0v) is 11.3. The van der Waals surface area contributed by atoms with Crippen molar-refractivity contribution in [1.82, 2.24) is 0 Å². The molecule has 0 fully saturated rings.